The molecule has 0 saturated heterocycles. The molecule has 0 radical (unpaired) electrons. The summed E-state index contributed by atoms with van der Waals surface area (Å²) < 4.78 is 0.930. The summed E-state index contributed by atoms with van der Waals surface area (Å²) >= 11 is 2.79. The summed E-state index contributed by atoms with van der Waals surface area (Å²) in [6, 6.07) is 15.2. The minimum Gasteiger partial charge on any atom is -0.298 e. The lowest BCUT2D eigenvalue weighted by molar-refractivity contribution is 0.102. The molecule has 6 nitrogen and oxygen atoms in total. The SMILES string of the molecule is Cc1nc(NC(=O)c2cc(-c3ccncc3)nc3ccccc23)sc1SCC#N. The molecule has 3 aromatic heterocycles. The van der Waals surface area contributed by atoms with E-state index < -0.39 is 0 Å². The number of anilines is 1. The molecule has 1 N–H and O–H groups in total. The van der Waals surface area contributed by atoms with Gasteiger partial charge in [0.05, 0.1) is 38.5 Å². The molecule has 142 valence electrons. The molecule has 4 rings (SSSR count). The normalized spacial score (nSPS) is 10.6. The van der Waals surface area contributed by atoms with Crippen LogP contribution in [-0.2, 0) is 0 Å². The monoisotopic (exact) mass is 417 g/mol. The summed E-state index contributed by atoms with van der Waals surface area (Å²) in [5.41, 5.74) is 3.67. The molecule has 8 heteroatoms. The highest BCUT2D eigenvalue weighted by Gasteiger charge is 2.16. The zero-order chi connectivity index (χ0) is 20.2. The van der Waals surface area contributed by atoms with Gasteiger partial charge in [-0.1, -0.05) is 41.3 Å². The summed E-state index contributed by atoms with van der Waals surface area (Å²) in [5, 5.41) is 13.0. The number of thiazole rings is 1. The van der Waals surface area contributed by atoms with Crippen LogP contribution in [0.4, 0.5) is 5.13 Å². The maximum absolute atomic E-state index is 13.1. The van der Waals surface area contributed by atoms with Crippen molar-refractivity contribution in [3.63, 3.8) is 0 Å². The average Bonchev–Trinajstić information content (AvgIpc) is 3.10. The Labute approximate surface area is 175 Å². The summed E-state index contributed by atoms with van der Waals surface area (Å²) in [7, 11) is 0. The first kappa shape index (κ1) is 19.1. The van der Waals surface area contributed by atoms with Gasteiger partial charge in [-0.05, 0) is 31.2 Å². The predicted octanol–water partition coefficient (Wildman–Crippen LogP) is 4.93. The van der Waals surface area contributed by atoms with Crippen LogP contribution in [-0.4, -0.2) is 26.6 Å². The third-order valence-electron chi connectivity index (χ3n) is 4.18. The van der Waals surface area contributed by atoms with Crippen LogP contribution in [0.3, 0.4) is 0 Å². The lowest BCUT2D eigenvalue weighted by Gasteiger charge is -2.09. The minimum atomic E-state index is -0.246. The average molecular weight is 418 g/mol. The fourth-order valence-corrected chi connectivity index (χ4v) is 4.66. The Kier molecular flexibility index (Phi) is 5.51. The van der Waals surface area contributed by atoms with Crippen LogP contribution >= 0.6 is 23.1 Å². The Bertz CT molecular complexity index is 1230. The van der Waals surface area contributed by atoms with E-state index in [0.29, 0.717) is 22.1 Å². The number of aromatic nitrogens is 3. The number of amides is 1. The molecule has 0 aliphatic carbocycles. The molecular weight excluding hydrogens is 402 g/mol. The molecular formula is C21H15N5OS2. The predicted molar refractivity (Wildman–Crippen MR) is 116 cm³/mol. The molecule has 1 aromatic carbocycles. The number of carbonyl (C=O) groups excluding carboxylic acids is 1. The number of carbonyl (C=O) groups is 1. The van der Waals surface area contributed by atoms with Crippen molar-refractivity contribution >= 4 is 45.0 Å². The van der Waals surface area contributed by atoms with E-state index in [1.165, 1.54) is 23.1 Å². The zero-order valence-electron chi connectivity index (χ0n) is 15.4. The van der Waals surface area contributed by atoms with E-state index in [0.717, 1.165) is 26.4 Å². The van der Waals surface area contributed by atoms with Gasteiger partial charge in [-0.2, -0.15) is 5.26 Å². The molecule has 29 heavy (non-hydrogen) atoms. The third-order valence-corrected chi connectivity index (χ3v) is 6.48. The van der Waals surface area contributed by atoms with Crippen molar-refractivity contribution in [2.45, 2.75) is 11.1 Å². The lowest BCUT2D eigenvalue weighted by atomic mass is 10.0. The molecule has 1 amide bonds. The number of nitrogens with zero attached hydrogens (tertiary/aromatic N) is 4. The van der Waals surface area contributed by atoms with Gasteiger partial charge in [0.1, 0.15) is 0 Å². The number of fused-ring (bicyclic) bond motifs is 1. The fourth-order valence-electron chi connectivity index (χ4n) is 2.87. The van der Waals surface area contributed by atoms with E-state index in [9.17, 15) is 4.79 Å². The van der Waals surface area contributed by atoms with Crippen LogP contribution < -0.4 is 5.32 Å². The van der Waals surface area contributed by atoms with E-state index >= 15 is 0 Å². The van der Waals surface area contributed by atoms with E-state index in [2.05, 4.69) is 21.4 Å². The number of nitriles is 1. The van der Waals surface area contributed by atoms with Crippen molar-refractivity contribution in [1.29, 1.82) is 5.26 Å². The molecule has 3 heterocycles. The summed E-state index contributed by atoms with van der Waals surface area (Å²) in [6.07, 6.45) is 3.40. The summed E-state index contributed by atoms with van der Waals surface area (Å²) in [6.45, 7) is 1.87. The Hall–Kier alpha value is -3.28. The topological polar surface area (TPSA) is 91.6 Å². The Morgan fingerprint density at radius 2 is 2.00 bits per heavy atom. The standard InChI is InChI=1S/C21H15N5OS2/c1-13-20(28-11-8-22)29-21(24-13)26-19(27)16-12-18(14-6-9-23-10-7-14)25-17-5-3-2-4-15(16)17/h2-7,9-10,12H,11H2,1H3,(H,24,26,27). The molecule has 0 bridgehead atoms. The maximum Gasteiger partial charge on any atom is 0.258 e. The number of aryl methyl sites for hydroxylation is 1. The van der Waals surface area contributed by atoms with Crippen LogP contribution in [0.15, 0.2) is 59.1 Å². The van der Waals surface area contributed by atoms with Crippen molar-refractivity contribution < 1.29 is 4.79 Å². The van der Waals surface area contributed by atoms with Gasteiger partial charge in [-0.15, -0.1) is 0 Å². The molecule has 4 aromatic rings. The van der Waals surface area contributed by atoms with Gasteiger partial charge >= 0.3 is 0 Å². The quantitative estimate of drug-likeness (QED) is 0.463. The number of nitrogens with one attached hydrogen (secondary N) is 1. The van der Waals surface area contributed by atoms with Crippen molar-refractivity contribution in [3.05, 3.63) is 66.1 Å². The molecule has 0 aliphatic heterocycles. The smallest absolute Gasteiger partial charge is 0.258 e. The largest absolute Gasteiger partial charge is 0.298 e. The van der Waals surface area contributed by atoms with Crippen molar-refractivity contribution in [2.75, 3.05) is 11.1 Å². The number of hydrogen-bond donors (Lipinski definition) is 1. The molecule has 0 aliphatic rings. The second-order valence-corrected chi connectivity index (χ2v) is 8.34. The molecule has 0 fully saturated rings. The van der Waals surface area contributed by atoms with E-state index in [1.807, 2.05) is 43.3 Å². The first-order valence-corrected chi connectivity index (χ1v) is 10.5. The van der Waals surface area contributed by atoms with E-state index in [1.54, 1.807) is 18.5 Å². The molecule has 0 atom stereocenters. The Morgan fingerprint density at radius 3 is 2.79 bits per heavy atom. The zero-order valence-corrected chi connectivity index (χ0v) is 17.0. The summed E-state index contributed by atoms with van der Waals surface area (Å²) in [5.74, 6) is 0.102. The molecule has 0 spiro atoms. The number of para-hydroxylation sites is 1. The van der Waals surface area contributed by atoms with Crippen molar-refractivity contribution in [2.24, 2.45) is 0 Å². The number of benzene rings is 1. The van der Waals surface area contributed by atoms with Crippen LogP contribution in [0, 0.1) is 18.3 Å². The van der Waals surface area contributed by atoms with Gasteiger partial charge in [0.2, 0.25) is 0 Å². The van der Waals surface area contributed by atoms with Gasteiger partial charge < -0.3 is 0 Å². The minimum absolute atomic E-state index is 0.246. The van der Waals surface area contributed by atoms with E-state index in [-0.39, 0.29) is 5.91 Å². The third kappa shape index (κ3) is 4.11. The molecule has 0 saturated carbocycles. The second-order valence-electron chi connectivity index (χ2n) is 6.10. The van der Waals surface area contributed by atoms with Gasteiger partial charge in [0.25, 0.3) is 5.91 Å². The highest BCUT2D eigenvalue weighted by molar-refractivity contribution is 8.01. The Balaban J connectivity index is 1.71. The van der Waals surface area contributed by atoms with Gasteiger partial charge in [0.15, 0.2) is 5.13 Å². The number of pyridine rings is 2. The summed E-state index contributed by atoms with van der Waals surface area (Å²) in [4.78, 5) is 26.3. The lowest BCUT2D eigenvalue weighted by Crippen LogP contribution is -2.13. The van der Waals surface area contributed by atoms with E-state index in [4.69, 9.17) is 10.2 Å². The van der Waals surface area contributed by atoms with Gasteiger partial charge in [-0.3, -0.25) is 15.1 Å². The van der Waals surface area contributed by atoms with Crippen LogP contribution in [0.5, 0.6) is 0 Å². The number of rotatable bonds is 5. The number of thioether (sulfide) groups is 1. The first-order chi connectivity index (χ1) is 14.2. The fraction of sp³-hybridized carbons (Fsp3) is 0.0952. The molecule has 0 unspecified atom stereocenters. The maximum atomic E-state index is 13.1. The van der Waals surface area contributed by atoms with Gasteiger partial charge in [-0.25, -0.2) is 9.97 Å². The first-order valence-electron chi connectivity index (χ1n) is 8.74. The second kappa shape index (κ2) is 8.39. The van der Waals surface area contributed by atoms with Crippen LogP contribution in [0.2, 0.25) is 0 Å². The number of hydrogen-bond acceptors (Lipinski definition) is 7. The highest BCUT2D eigenvalue weighted by atomic mass is 32.2. The van der Waals surface area contributed by atoms with Gasteiger partial charge in [0, 0.05) is 23.3 Å². The van der Waals surface area contributed by atoms with Crippen molar-refractivity contribution in [3.8, 4) is 17.3 Å². The van der Waals surface area contributed by atoms with Crippen LogP contribution in [0.1, 0.15) is 16.1 Å². The van der Waals surface area contributed by atoms with Crippen LogP contribution in [0.25, 0.3) is 22.2 Å². The highest BCUT2D eigenvalue weighted by Crippen LogP contribution is 2.32. The Morgan fingerprint density at radius 1 is 1.21 bits per heavy atom. The van der Waals surface area contributed by atoms with Crippen molar-refractivity contribution in [1.82, 2.24) is 15.0 Å².